The molecular formula is C12H23N3S. The maximum Gasteiger partial charge on any atom is 0.145 e. The van der Waals surface area contributed by atoms with Crippen LogP contribution in [0.5, 0.6) is 0 Å². The Kier molecular flexibility index (Phi) is 8.81. The van der Waals surface area contributed by atoms with Gasteiger partial charge in [0, 0.05) is 26.2 Å². The molecule has 0 aromatic heterocycles. The molecule has 16 heavy (non-hydrogen) atoms. The molecule has 0 fully saturated rings. The fraction of sp³-hybridized carbons (Fsp3) is 0.583. The van der Waals surface area contributed by atoms with Gasteiger partial charge in [0.05, 0.1) is 5.70 Å². The van der Waals surface area contributed by atoms with Crippen molar-refractivity contribution in [2.24, 2.45) is 4.99 Å². The number of hydrogen-bond donors (Lipinski definition) is 2. The highest BCUT2D eigenvalue weighted by Gasteiger charge is 2.05. The minimum atomic E-state index is 0.828. The lowest BCUT2D eigenvalue weighted by molar-refractivity contribution is 0.780. The Hall–Kier alpha value is -0.900. The zero-order valence-electron chi connectivity index (χ0n) is 10.8. The highest BCUT2D eigenvalue weighted by Crippen LogP contribution is 2.21. The van der Waals surface area contributed by atoms with E-state index in [0.717, 1.165) is 35.1 Å². The molecule has 0 rings (SSSR count). The van der Waals surface area contributed by atoms with Gasteiger partial charge in [0.15, 0.2) is 0 Å². The average molecular weight is 241 g/mol. The van der Waals surface area contributed by atoms with Crippen molar-refractivity contribution in [1.82, 2.24) is 10.6 Å². The van der Waals surface area contributed by atoms with E-state index in [1.54, 1.807) is 18.0 Å². The number of nitrogens with zero attached hydrogens (tertiary/aromatic N) is 1. The predicted octanol–water partition coefficient (Wildman–Crippen LogP) is 2.73. The minimum Gasteiger partial charge on any atom is -0.388 e. The normalized spacial score (nSPS) is 12.5. The Balaban J connectivity index is 4.72. The van der Waals surface area contributed by atoms with Crippen molar-refractivity contribution in [2.45, 2.75) is 27.2 Å². The largest absolute Gasteiger partial charge is 0.388 e. The number of thioether (sulfide) groups is 1. The third-order valence-electron chi connectivity index (χ3n) is 1.91. The van der Waals surface area contributed by atoms with Crippen LogP contribution < -0.4 is 10.6 Å². The van der Waals surface area contributed by atoms with Crippen molar-refractivity contribution in [3.63, 3.8) is 0 Å². The molecule has 3 nitrogen and oxygen atoms in total. The van der Waals surface area contributed by atoms with E-state index < -0.39 is 0 Å². The summed E-state index contributed by atoms with van der Waals surface area (Å²) in [6.07, 6.45) is 2.62. The maximum absolute atomic E-state index is 4.33. The Morgan fingerprint density at radius 2 is 2.12 bits per heavy atom. The monoisotopic (exact) mass is 241 g/mol. The van der Waals surface area contributed by atoms with Crippen molar-refractivity contribution in [3.05, 3.63) is 23.0 Å². The Morgan fingerprint density at radius 1 is 1.44 bits per heavy atom. The van der Waals surface area contributed by atoms with Gasteiger partial charge in [-0.3, -0.25) is 0 Å². The summed E-state index contributed by atoms with van der Waals surface area (Å²) in [5.41, 5.74) is 1.09. The quantitative estimate of drug-likeness (QED) is 0.642. The number of aliphatic imine (C=N–C) groups is 1. The van der Waals surface area contributed by atoms with Gasteiger partial charge >= 0.3 is 0 Å². The number of allylic oxidation sites excluding steroid dienone is 1. The van der Waals surface area contributed by atoms with Crippen LogP contribution in [-0.2, 0) is 0 Å². The van der Waals surface area contributed by atoms with Gasteiger partial charge in [-0.05, 0) is 24.5 Å². The molecule has 0 saturated carbocycles. The van der Waals surface area contributed by atoms with Crippen LogP contribution in [0.4, 0.5) is 0 Å². The summed E-state index contributed by atoms with van der Waals surface area (Å²) in [6.45, 7) is 11.0. The molecule has 0 atom stereocenters. The van der Waals surface area contributed by atoms with Crippen LogP contribution in [0.2, 0.25) is 0 Å². The van der Waals surface area contributed by atoms with E-state index in [0.29, 0.717) is 0 Å². The van der Waals surface area contributed by atoms with Crippen LogP contribution in [0.3, 0.4) is 0 Å². The summed E-state index contributed by atoms with van der Waals surface area (Å²) in [5, 5.41) is 6.44. The standard InChI is InChI=1S/C12H23N3S/c1-6-14-12(15-7-2)11(13-5)9-10(4)16-8-3/h6,13,15H,4,7-9H2,1-3,5H3/b12-11+,14-6-. The van der Waals surface area contributed by atoms with Crippen LogP contribution in [-0.4, -0.2) is 25.6 Å². The van der Waals surface area contributed by atoms with Crippen molar-refractivity contribution < 1.29 is 0 Å². The molecule has 0 aliphatic rings. The van der Waals surface area contributed by atoms with E-state index >= 15 is 0 Å². The van der Waals surface area contributed by atoms with Crippen molar-refractivity contribution >= 4 is 18.0 Å². The van der Waals surface area contributed by atoms with Crippen LogP contribution in [0.1, 0.15) is 27.2 Å². The first-order valence-electron chi connectivity index (χ1n) is 5.63. The summed E-state index contributed by atoms with van der Waals surface area (Å²) in [7, 11) is 1.92. The topological polar surface area (TPSA) is 36.4 Å². The minimum absolute atomic E-state index is 0.828. The van der Waals surface area contributed by atoms with Gasteiger partial charge in [-0.2, -0.15) is 0 Å². The molecule has 0 saturated heterocycles. The lowest BCUT2D eigenvalue weighted by Crippen LogP contribution is -2.19. The number of hydrogen-bond acceptors (Lipinski definition) is 4. The van der Waals surface area contributed by atoms with E-state index in [9.17, 15) is 0 Å². The number of nitrogens with one attached hydrogen (secondary N) is 2. The van der Waals surface area contributed by atoms with Crippen LogP contribution in [0.15, 0.2) is 28.0 Å². The molecule has 0 amide bonds. The predicted molar refractivity (Wildman–Crippen MR) is 75.8 cm³/mol. The van der Waals surface area contributed by atoms with E-state index in [1.165, 1.54) is 0 Å². The second kappa shape index (κ2) is 9.33. The van der Waals surface area contributed by atoms with Crippen LogP contribution >= 0.6 is 11.8 Å². The van der Waals surface area contributed by atoms with Gasteiger partial charge in [0.2, 0.25) is 0 Å². The van der Waals surface area contributed by atoms with Gasteiger partial charge in [-0.1, -0.05) is 13.5 Å². The van der Waals surface area contributed by atoms with Gasteiger partial charge in [0.1, 0.15) is 5.82 Å². The highest BCUT2D eigenvalue weighted by atomic mass is 32.2. The Labute approximate surface area is 103 Å². The summed E-state index contributed by atoms with van der Waals surface area (Å²) < 4.78 is 0. The SMILES string of the molecule is C=C(C/C(NC)=C(/N=C\C)NCC)SCC. The maximum atomic E-state index is 4.33. The number of rotatable bonds is 8. The molecule has 0 aromatic carbocycles. The van der Waals surface area contributed by atoms with E-state index in [2.05, 4.69) is 36.1 Å². The van der Waals surface area contributed by atoms with E-state index in [1.807, 2.05) is 14.0 Å². The molecule has 0 bridgehead atoms. The first kappa shape index (κ1) is 15.1. The van der Waals surface area contributed by atoms with E-state index in [4.69, 9.17) is 0 Å². The molecule has 0 aromatic rings. The molecule has 0 radical (unpaired) electrons. The van der Waals surface area contributed by atoms with Gasteiger partial charge in [-0.25, -0.2) is 4.99 Å². The van der Waals surface area contributed by atoms with Crippen LogP contribution in [0, 0.1) is 0 Å². The Bertz CT molecular complexity index is 269. The Morgan fingerprint density at radius 3 is 2.56 bits per heavy atom. The summed E-state index contributed by atoms with van der Waals surface area (Å²) >= 11 is 1.78. The molecule has 2 N–H and O–H groups in total. The lowest BCUT2D eigenvalue weighted by atomic mass is 10.3. The second-order valence-corrected chi connectivity index (χ2v) is 4.59. The third-order valence-corrected chi connectivity index (χ3v) is 2.75. The molecule has 0 aliphatic carbocycles. The van der Waals surface area contributed by atoms with Crippen molar-refractivity contribution in [2.75, 3.05) is 19.3 Å². The van der Waals surface area contributed by atoms with Crippen molar-refractivity contribution in [3.8, 4) is 0 Å². The highest BCUT2D eigenvalue weighted by molar-refractivity contribution is 8.03. The fourth-order valence-corrected chi connectivity index (χ4v) is 1.92. The molecule has 0 spiro atoms. The summed E-state index contributed by atoms with van der Waals surface area (Å²) in [4.78, 5) is 5.49. The smallest absolute Gasteiger partial charge is 0.145 e. The van der Waals surface area contributed by atoms with Gasteiger partial charge < -0.3 is 10.6 Å². The molecule has 4 heteroatoms. The molecule has 0 aliphatic heterocycles. The average Bonchev–Trinajstić information content (AvgIpc) is 2.26. The molecule has 92 valence electrons. The third kappa shape index (κ3) is 5.85. The van der Waals surface area contributed by atoms with Crippen LogP contribution in [0.25, 0.3) is 0 Å². The molecule has 0 unspecified atom stereocenters. The summed E-state index contributed by atoms with van der Waals surface area (Å²) in [6, 6.07) is 0. The van der Waals surface area contributed by atoms with Gasteiger partial charge in [0.25, 0.3) is 0 Å². The van der Waals surface area contributed by atoms with Gasteiger partial charge in [-0.15, -0.1) is 11.8 Å². The van der Waals surface area contributed by atoms with Crippen molar-refractivity contribution in [1.29, 1.82) is 0 Å². The zero-order valence-corrected chi connectivity index (χ0v) is 11.6. The molecular weight excluding hydrogens is 218 g/mol. The fourth-order valence-electron chi connectivity index (χ4n) is 1.27. The first-order chi connectivity index (χ1) is 7.69. The molecule has 0 heterocycles. The summed E-state index contributed by atoms with van der Waals surface area (Å²) in [5.74, 6) is 1.97. The zero-order chi connectivity index (χ0) is 12.4. The van der Waals surface area contributed by atoms with E-state index in [-0.39, 0.29) is 0 Å². The first-order valence-corrected chi connectivity index (χ1v) is 6.62. The second-order valence-electron chi connectivity index (χ2n) is 3.14. The lowest BCUT2D eigenvalue weighted by Gasteiger charge is -2.13.